The fraction of sp³-hybridized carbons (Fsp3) is 0.467. The second kappa shape index (κ2) is 5.85. The van der Waals surface area contributed by atoms with Crippen LogP contribution < -0.4 is 10.2 Å². The number of nitrogens with one attached hydrogen (secondary N) is 1. The lowest BCUT2D eigenvalue weighted by molar-refractivity contribution is -0.119. The van der Waals surface area contributed by atoms with Gasteiger partial charge in [0, 0.05) is 22.5 Å². The van der Waals surface area contributed by atoms with E-state index in [1.54, 1.807) is 18.2 Å². The van der Waals surface area contributed by atoms with Gasteiger partial charge in [-0.3, -0.25) is 4.79 Å². The lowest BCUT2D eigenvalue weighted by Gasteiger charge is -2.34. The Morgan fingerprint density at radius 2 is 1.76 bits per heavy atom. The van der Waals surface area contributed by atoms with Crippen LogP contribution in [-0.2, 0) is 4.79 Å². The predicted molar refractivity (Wildman–Crippen MR) is 85.0 cm³/mol. The Labute approximate surface area is 134 Å². The number of imide groups is 1. The third-order valence-electron chi connectivity index (χ3n) is 3.17. The van der Waals surface area contributed by atoms with Gasteiger partial charge in [0.25, 0.3) is 0 Å². The van der Waals surface area contributed by atoms with E-state index in [9.17, 15) is 9.59 Å². The fourth-order valence-corrected chi connectivity index (χ4v) is 3.01. The number of nitrogens with zero attached hydrogens (tertiary/aromatic N) is 1. The van der Waals surface area contributed by atoms with Gasteiger partial charge in [-0.25, -0.2) is 9.69 Å². The summed E-state index contributed by atoms with van der Waals surface area (Å²) >= 11 is 11.9. The maximum Gasteiger partial charge on any atom is 0.328 e. The standard InChI is InChI=1S/C15H18Cl2N2O2/c1-15(2,3)8-11-7-13(20)19(14(21)18-11)12-5-9(16)4-10(17)6-12/h4-6,11H,7-8H2,1-3H3,(H,18,21). The highest BCUT2D eigenvalue weighted by Crippen LogP contribution is 2.29. The normalized spacial score (nSPS) is 19.7. The summed E-state index contributed by atoms with van der Waals surface area (Å²) in [6.45, 7) is 6.23. The highest BCUT2D eigenvalue weighted by atomic mass is 35.5. The van der Waals surface area contributed by atoms with E-state index < -0.39 is 6.03 Å². The Bertz CT molecular complexity index is 543. The average molecular weight is 329 g/mol. The van der Waals surface area contributed by atoms with Gasteiger partial charge in [0.2, 0.25) is 5.91 Å². The smallest absolute Gasteiger partial charge is 0.328 e. The summed E-state index contributed by atoms with van der Waals surface area (Å²) in [4.78, 5) is 25.6. The summed E-state index contributed by atoms with van der Waals surface area (Å²) < 4.78 is 0. The minimum Gasteiger partial charge on any atom is -0.334 e. The molecule has 1 fully saturated rings. The van der Waals surface area contributed by atoms with Crippen LogP contribution >= 0.6 is 23.2 Å². The van der Waals surface area contributed by atoms with E-state index in [4.69, 9.17) is 23.2 Å². The predicted octanol–water partition coefficient (Wildman–Crippen LogP) is 4.24. The fourth-order valence-electron chi connectivity index (χ4n) is 2.50. The highest BCUT2D eigenvalue weighted by molar-refractivity contribution is 6.35. The summed E-state index contributed by atoms with van der Waals surface area (Å²) in [7, 11) is 0. The van der Waals surface area contributed by atoms with Crippen molar-refractivity contribution in [3.63, 3.8) is 0 Å². The molecule has 1 aromatic carbocycles. The van der Waals surface area contributed by atoms with E-state index in [-0.39, 0.29) is 23.8 Å². The molecule has 1 atom stereocenters. The van der Waals surface area contributed by atoms with Crippen LogP contribution in [0.3, 0.4) is 0 Å². The molecule has 3 amide bonds. The molecule has 114 valence electrons. The van der Waals surface area contributed by atoms with Gasteiger partial charge in [-0.1, -0.05) is 44.0 Å². The zero-order chi connectivity index (χ0) is 15.8. The SMILES string of the molecule is CC(C)(C)CC1CC(=O)N(c2cc(Cl)cc(Cl)c2)C(=O)N1. The van der Waals surface area contributed by atoms with Crippen molar-refractivity contribution >= 4 is 40.8 Å². The van der Waals surface area contributed by atoms with Crippen molar-refractivity contribution in [1.82, 2.24) is 5.32 Å². The van der Waals surface area contributed by atoms with Crippen molar-refractivity contribution in [3.05, 3.63) is 28.2 Å². The van der Waals surface area contributed by atoms with E-state index in [0.29, 0.717) is 15.7 Å². The van der Waals surface area contributed by atoms with Crippen molar-refractivity contribution in [2.24, 2.45) is 5.41 Å². The maximum atomic E-state index is 12.3. The van der Waals surface area contributed by atoms with Crippen LogP contribution in [0.5, 0.6) is 0 Å². The lowest BCUT2D eigenvalue weighted by atomic mass is 9.86. The average Bonchev–Trinajstić information content (AvgIpc) is 2.23. The van der Waals surface area contributed by atoms with E-state index in [2.05, 4.69) is 26.1 Å². The number of rotatable bonds is 2. The van der Waals surface area contributed by atoms with Gasteiger partial charge in [-0.05, 0) is 30.0 Å². The molecule has 1 N–H and O–H groups in total. The molecule has 0 radical (unpaired) electrons. The molecular formula is C15H18Cl2N2O2. The molecule has 4 nitrogen and oxygen atoms in total. The molecule has 0 saturated carbocycles. The molecule has 1 unspecified atom stereocenters. The van der Waals surface area contributed by atoms with Crippen LogP contribution in [0.25, 0.3) is 0 Å². The van der Waals surface area contributed by atoms with Gasteiger partial charge in [0.15, 0.2) is 0 Å². The number of carbonyl (C=O) groups excluding carboxylic acids is 2. The Balaban J connectivity index is 2.21. The van der Waals surface area contributed by atoms with Crippen LogP contribution in [0.4, 0.5) is 10.5 Å². The van der Waals surface area contributed by atoms with E-state index in [0.717, 1.165) is 11.3 Å². The van der Waals surface area contributed by atoms with Gasteiger partial charge in [0.1, 0.15) is 0 Å². The first-order valence-electron chi connectivity index (χ1n) is 6.75. The zero-order valence-corrected chi connectivity index (χ0v) is 13.8. The molecule has 1 aliphatic rings. The molecule has 21 heavy (non-hydrogen) atoms. The minimum atomic E-state index is -0.432. The first-order chi connectivity index (χ1) is 9.65. The minimum absolute atomic E-state index is 0.0414. The Morgan fingerprint density at radius 1 is 1.19 bits per heavy atom. The molecule has 0 aromatic heterocycles. The molecule has 1 aromatic rings. The topological polar surface area (TPSA) is 49.4 Å². The Morgan fingerprint density at radius 3 is 2.24 bits per heavy atom. The van der Waals surface area contributed by atoms with Gasteiger partial charge < -0.3 is 5.32 Å². The molecule has 0 aliphatic carbocycles. The Kier molecular flexibility index (Phi) is 4.49. The van der Waals surface area contributed by atoms with Crippen molar-refractivity contribution in [2.45, 2.75) is 39.7 Å². The van der Waals surface area contributed by atoms with E-state index in [1.807, 2.05) is 0 Å². The number of benzene rings is 1. The van der Waals surface area contributed by atoms with Crippen molar-refractivity contribution < 1.29 is 9.59 Å². The summed E-state index contributed by atoms with van der Waals surface area (Å²) in [6, 6.07) is 4.08. The molecule has 2 rings (SSSR count). The first kappa shape index (κ1) is 16.1. The van der Waals surface area contributed by atoms with Gasteiger partial charge in [0.05, 0.1) is 5.69 Å². The quantitative estimate of drug-likeness (QED) is 0.882. The number of anilines is 1. The summed E-state index contributed by atoms with van der Waals surface area (Å²) in [5, 5.41) is 3.64. The molecule has 6 heteroatoms. The second-order valence-electron chi connectivity index (χ2n) is 6.47. The number of carbonyl (C=O) groups is 2. The van der Waals surface area contributed by atoms with Crippen LogP contribution in [0.1, 0.15) is 33.6 Å². The molecule has 1 heterocycles. The highest BCUT2D eigenvalue weighted by Gasteiger charge is 2.34. The van der Waals surface area contributed by atoms with Crippen LogP contribution in [0, 0.1) is 5.41 Å². The van der Waals surface area contributed by atoms with Gasteiger partial charge >= 0.3 is 6.03 Å². The number of hydrogen-bond donors (Lipinski definition) is 1. The van der Waals surface area contributed by atoms with Crippen molar-refractivity contribution in [3.8, 4) is 0 Å². The molecular weight excluding hydrogens is 311 g/mol. The number of hydrogen-bond acceptors (Lipinski definition) is 2. The number of amides is 3. The van der Waals surface area contributed by atoms with Crippen LogP contribution in [0.15, 0.2) is 18.2 Å². The van der Waals surface area contributed by atoms with E-state index >= 15 is 0 Å². The van der Waals surface area contributed by atoms with Crippen LogP contribution in [-0.4, -0.2) is 18.0 Å². The third kappa shape index (κ3) is 4.11. The monoisotopic (exact) mass is 328 g/mol. The second-order valence-corrected chi connectivity index (χ2v) is 7.34. The molecule has 1 saturated heterocycles. The van der Waals surface area contributed by atoms with Crippen LogP contribution in [0.2, 0.25) is 10.0 Å². The van der Waals surface area contributed by atoms with Crippen molar-refractivity contribution in [2.75, 3.05) is 4.90 Å². The zero-order valence-electron chi connectivity index (χ0n) is 12.2. The number of urea groups is 1. The number of halogens is 2. The summed E-state index contributed by atoms with van der Waals surface area (Å²) in [6.07, 6.45) is 1.02. The maximum absolute atomic E-state index is 12.3. The van der Waals surface area contributed by atoms with E-state index in [1.165, 1.54) is 0 Å². The van der Waals surface area contributed by atoms with Gasteiger partial charge in [-0.2, -0.15) is 0 Å². The summed E-state index contributed by atoms with van der Waals surface area (Å²) in [5.74, 6) is -0.244. The molecule has 0 bridgehead atoms. The molecule has 1 aliphatic heterocycles. The first-order valence-corrected chi connectivity index (χ1v) is 7.51. The van der Waals surface area contributed by atoms with Crippen molar-refractivity contribution in [1.29, 1.82) is 0 Å². The lowest BCUT2D eigenvalue weighted by Crippen LogP contribution is -2.55. The largest absolute Gasteiger partial charge is 0.334 e. The Hall–Kier alpha value is -1.26. The van der Waals surface area contributed by atoms with Gasteiger partial charge in [-0.15, -0.1) is 0 Å². The third-order valence-corrected chi connectivity index (χ3v) is 3.60. The molecule has 0 spiro atoms. The summed E-state index contributed by atoms with van der Waals surface area (Å²) in [5.41, 5.74) is 0.434.